The zero-order valence-electron chi connectivity index (χ0n) is 9.63. The van der Waals surface area contributed by atoms with Crippen molar-refractivity contribution in [1.82, 2.24) is 14.5 Å². The Bertz CT molecular complexity index is 607. The van der Waals surface area contributed by atoms with Gasteiger partial charge in [-0.1, -0.05) is 0 Å². The van der Waals surface area contributed by atoms with E-state index in [0.29, 0.717) is 0 Å². The molecule has 0 radical (unpaired) electrons. The Labute approximate surface area is 102 Å². The number of rotatable bonds is 4. The molecule has 0 fully saturated rings. The Kier molecular flexibility index (Phi) is 3.27. The number of carbonyl (C=O) groups is 2. The minimum atomic E-state index is -0.605. The van der Waals surface area contributed by atoms with Gasteiger partial charge < -0.3 is 4.57 Å². The molecular weight excluding hydrogens is 237 g/mol. The van der Waals surface area contributed by atoms with Gasteiger partial charge in [0, 0.05) is 25.0 Å². The topological polar surface area (TPSA) is 64.8 Å². The van der Waals surface area contributed by atoms with E-state index in [-0.39, 0.29) is 17.7 Å². The Hall–Kier alpha value is -2.37. The second kappa shape index (κ2) is 4.87. The molecule has 2 rings (SSSR count). The molecule has 5 nitrogen and oxygen atoms in total. The predicted molar refractivity (Wildman–Crippen MR) is 60.7 cm³/mol. The lowest BCUT2D eigenvalue weighted by molar-refractivity contribution is 0.0891. The number of halogens is 1. The molecule has 0 saturated carbocycles. The highest BCUT2D eigenvalue weighted by Gasteiger charge is 2.16. The van der Waals surface area contributed by atoms with Crippen LogP contribution in [0.4, 0.5) is 4.39 Å². The first kappa shape index (κ1) is 12.1. The maximum Gasteiger partial charge on any atom is 0.190 e. The Morgan fingerprint density at radius 2 is 2.11 bits per heavy atom. The Morgan fingerprint density at radius 1 is 1.33 bits per heavy atom. The van der Waals surface area contributed by atoms with Crippen LogP contribution in [-0.4, -0.2) is 26.1 Å². The first-order chi connectivity index (χ1) is 8.56. The van der Waals surface area contributed by atoms with E-state index in [9.17, 15) is 14.0 Å². The average Bonchev–Trinajstić information content (AvgIpc) is 2.76. The molecule has 0 spiro atoms. The SMILES string of the molecule is Cn1cnc(C(=O)CC(=O)c2cncc(F)c2)c1. The molecule has 6 heteroatoms. The number of Topliss-reactive ketones (excluding diaryl/α,β-unsaturated/α-hetero) is 2. The summed E-state index contributed by atoms with van der Waals surface area (Å²) in [4.78, 5) is 30.9. The maximum absolute atomic E-state index is 12.9. The zero-order valence-corrected chi connectivity index (χ0v) is 9.63. The lowest BCUT2D eigenvalue weighted by Crippen LogP contribution is -2.09. The van der Waals surface area contributed by atoms with Gasteiger partial charge >= 0.3 is 0 Å². The summed E-state index contributed by atoms with van der Waals surface area (Å²) in [6.45, 7) is 0. The molecular formula is C12H10FN3O2. The van der Waals surface area contributed by atoms with Crippen LogP contribution in [0.1, 0.15) is 27.3 Å². The molecule has 0 aliphatic heterocycles. The number of ketones is 2. The van der Waals surface area contributed by atoms with Crippen LogP contribution in [0.15, 0.2) is 31.0 Å². The monoisotopic (exact) mass is 247 g/mol. The summed E-state index contributed by atoms with van der Waals surface area (Å²) in [6, 6.07) is 1.06. The molecule has 2 aromatic rings. The van der Waals surface area contributed by atoms with Crippen molar-refractivity contribution < 1.29 is 14.0 Å². The van der Waals surface area contributed by atoms with Gasteiger partial charge in [-0.3, -0.25) is 14.6 Å². The number of aromatic nitrogens is 3. The first-order valence-electron chi connectivity index (χ1n) is 5.21. The van der Waals surface area contributed by atoms with Crippen LogP contribution in [0.2, 0.25) is 0 Å². The van der Waals surface area contributed by atoms with Crippen molar-refractivity contribution in [3.8, 4) is 0 Å². The lowest BCUT2D eigenvalue weighted by Gasteiger charge is -1.98. The van der Waals surface area contributed by atoms with Crippen LogP contribution in [0.5, 0.6) is 0 Å². The van der Waals surface area contributed by atoms with Crippen molar-refractivity contribution in [2.75, 3.05) is 0 Å². The first-order valence-corrected chi connectivity index (χ1v) is 5.21. The van der Waals surface area contributed by atoms with Crippen molar-refractivity contribution >= 4 is 11.6 Å². The van der Waals surface area contributed by atoms with E-state index in [1.54, 1.807) is 11.6 Å². The van der Waals surface area contributed by atoms with Crippen molar-refractivity contribution in [2.24, 2.45) is 7.05 Å². The zero-order chi connectivity index (χ0) is 13.1. The molecule has 2 aromatic heterocycles. The van der Waals surface area contributed by atoms with E-state index < -0.39 is 17.4 Å². The van der Waals surface area contributed by atoms with Crippen molar-refractivity contribution in [3.63, 3.8) is 0 Å². The number of carbonyl (C=O) groups excluding carboxylic acids is 2. The molecule has 0 saturated heterocycles. The van der Waals surface area contributed by atoms with Gasteiger partial charge in [-0.05, 0) is 6.07 Å². The van der Waals surface area contributed by atoms with Gasteiger partial charge in [-0.2, -0.15) is 0 Å². The smallest absolute Gasteiger partial charge is 0.190 e. The fourth-order valence-electron chi connectivity index (χ4n) is 1.46. The van der Waals surface area contributed by atoms with Crippen LogP contribution < -0.4 is 0 Å². The maximum atomic E-state index is 12.9. The third kappa shape index (κ3) is 2.65. The normalized spacial score (nSPS) is 10.3. The summed E-state index contributed by atoms with van der Waals surface area (Å²) in [5.74, 6) is -1.48. The highest BCUT2D eigenvalue weighted by molar-refractivity contribution is 6.12. The summed E-state index contributed by atoms with van der Waals surface area (Å²) in [6.07, 6.45) is 4.89. The van der Waals surface area contributed by atoms with Gasteiger partial charge in [0.25, 0.3) is 0 Å². The van der Waals surface area contributed by atoms with E-state index in [4.69, 9.17) is 0 Å². The average molecular weight is 247 g/mol. The Morgan fingerprint density at radius 3 is 2.72 bits per heavy atom. The van der Waals surface area contributed by atoms with Crippen LogP contribution in [0, 0.1) is 5.82 Å². The number of nitrogens with zero attached hydrogens (tertiary/aromatic N) is 3. The van der Waals surface area contributed by atoms with E-state index in [1.165, 1.54) is 18.7 Å². The highest BCUT2D eigenvalue weighted by atomic mass is 19.1. The quantitative estimate of drug-likeness (QED) is 0.605. The van der Waals surface area contributed by atoms with E-state index in [2.05, 4.69) is 9.97 Å². The highest BCUT2D eigenvalue weighted by Crippen LogP contribution is 2.08. The van der Waals surface area contributed by atoms with E-state index in [1.807, 2.05) is 0 Å². The molecule has 0 bridgehead atoms. The van der Waals surface area contributed by atoms with E-state index in [0.717, 1.165) is 12.3 Å². The standard InChI is InChI=1S/C12H10FN3O2/c1-16-6-10(15-7-16)12(18)3-11(17)8-2-9(13)5-14-4-8/h2,4-7H,3H2,1H3. The third-order valence-corrected chi connectivity index (χ3v) is 2.34. The van der Waals surface area contributed by atoms with Crippen LogP contribution in [0.25, 0.3) is 0 Å². The van der Waals surface area contributed by atoms with E-state index >= 15 is 0 Å². The number of aryl methyl sites for hydroxylation is 1. The van der Waals surface area contributed by atoms with Crippen molar-refractivity contribution in [2.45, 2.75) is 6.42 Å². The summed E-state index contributed by atoms with van der Waals surface area (Å²) in [5, 5.41) is 0. The van der Waals surface area contributed by atoms with Gasteiger partial charge in [0.05, 0.1) is 18.9 Å². The van der Waals surface area contributed by atoms with Crippen LogP contribution in [0.3, 0.4) is 0 Å². The fourth-order valence-corrected chi connectivity index (χ4v) is 1.46. The minimum Gasteiger partial charge on any atom is -0.340 e. The van der Waals surface area contributed by atoms with Crippen molar-refractivity contribution in [3.05, 3.63) is 48.1 Å². The Balaban J connectivity index is 2.10. The second-order valence-electron chi connectivity index (χ2n) is 3.84. The molecule has 0 aliphatic carbocycles. The molecule has 0 atom stereocenters. The largest absolute Gasteiger partial charge is 0.340 e. The molecule has 0 aromatic carbocycles. The molecule has 18 heavy (non-hydrogen) atoms. The molecule has 0 N–H and O–H groups in total. The minimum absolute atomic E-state index is 0.0827. The molecule has 0 unspecified atom stereocenters. The van der Waals surface area contributed by atoms with Gasteiger partial charge in [-0.25, -0.2) is 9.37 Å². The number of pyridine rings is 1. The molecule has 0 amide bonds. The predicted octanol–water partition coefficient (Wildman–Crippen LogP) is 1.41. The summed E-state index contributed by atoms with van der Waals surface area (Å²) < 4.78 is 14.5. The van der Waals surface area contributed by atoms with Gasteiger partial charge in [0.1, 0.15) is 11.5 Å². The van der Waals surface area contributed by atoms with Gasteiger partial charge in [0.15, 0.2) is 11.6 Å². The van der Waals surface area contributed by atoms with Crippen molar-refractivity contribution in [1.29, 1.82) is 0 Å². The summed E-state index contributed by atoms with van der Waals surface area (Å²) >= 11 is 0. The van der Waals surface area contributed by atoms with Gasteiger partial charge in [0.2, 0.25) is 0 Å². The molecule has 0 aliphatic rings. The third-order valence-electron chi connectivity index (χ3n) is 2.34. The number of hydrogen-bond donors (Lipinski definition) is 0. The molecule has 92 valence electrons. The second-order valence-corrected chi connectivity index (χ2v) is 3.84. The van der Waals surface area contributed by atoms with Crippen LogP contribution >= 0.6 is 0 Å². The van der Waals surface area contributed by atoms with Crippen LogP contribution in [-0.2, 0) is 7.05 Å². The lowest BCUT2D eigenvalue weighted by atomic mass is 10.1. The fraction of sp³-hybridized carbons (Fsp3) is 0.167. The summed E-state index contributed by atoms with van der Waals surface area (Å²) in [7, 11) is 1.72. The van der Waals surface area contributed by atoms with Gasteiger partial charge in [-0.15, -0.1) is 0 Å². The summed E-state index contributed by atoms with van der Waals surface area (Å²) in [5.41, 5.74) is 0.300. The number of imidazole rings is 1. The molecule has 2 heterocycles. The number of hydrogen-bond acceptors (Lipinski definition) is 4.